The van der Waals surface area contributed by atoms with Gasteiger partial charge in [-0.05, 0) is 36.8 Å². The molecule has 0 bridgehead atoms. The van der Waals surface area contributed by atoms with Crippen LogP contribution in [0.2, 0.25) is 0 Å². The molecule has 0 atom stereocenters. The molecule has 4 nitrogen and oxygen atoms in total. The molecule has 1 fully saturated rings. The average Bonchev–Trinajstić information content (AvgIpc) is 2.34. The first-order valence-electron chi connectivity index (χ1n) is 6.64. The molecule has 0 aromatic heterocycles. The van der Waals surface area contributed by atoms with E-state index in [4.69, 9.17) is 18.0 Å². The van der Waals surface area contributed by atoms with Crippen LogP contribution in [0.5, 0.6) is 0 Å². The summed E-state index contributed by atoms with van der Waals surface area (Å²) < 4.78 is 27.6. The Morgan fingerprint density at radius 3 is 2.60 bits per heavy atom. The molecule has 0 amide bonds. The van der Waals surface area contributed by atoms with Crippen LogP contribution in [0, 0.1) is 12.3 Å². The molecule has 0 spiro atoms. The minimum Gasteiger partial charge on any atom is -0.389 e. The molecule has 1 aliphatic carbocycles. The predicted octanol–water partition coefficient (Wildman–Crippen LogP) is 2.10. The largest absolute Gasteiger partial charge is 0.389 e. The van der Waals surface area contributed by atoms with E-state index in [1.807, 2.05) is 0 Å². The van der Waals surface area contributed by atoms with Gasteiger partial charge >= 0.3 is 0 Å². The van der Waals surface area contributed by atoms with Gasteiger partial charge in [0, 0.05) is 12.1 Å². The van der Waals surface area contributed by atoms with E-state index < -0.39 is 10.0 Å². The van der Waals surface area contributed by atoms with Crippen LogP contribution in [0.25, 0.3) is 0 Å². The van der Waals surface area contributed by atoms with Crippen LogP contribution in [0.15, 0.2) is 23.1 Å². The fourth-order valence-electron chi connectivity index (χ4n) is 2.35. The highest BCUT2D eigenvalue weighted by Crippen LogP contribution is 2.39. The van der Waals surface area contributed by atoms with Crippen molar-refractivity contribution in [2.75, 3.05) is 6.54 Å². The van der Waals surface area contributed by atoms with E-state index in [-0.39, 0.29) is 15.3 Å². The van der Waals surface area contributed by atoms with Gasteiger partial charge in [0.05, 0.1) is 4.90 Å². The van der Waals surface area contributed by atoms with Crippen LogP contribution in [0.4, 0.5) is 0 Å². The van der Waals surface area contributed by atoms with Gasteiger partial charge in [-0.2, -0.15) is 0 Å². The average molecular weight is 312 g/mol. The van der Waals surface area contributed by atoms with Crippen LogP contribution >= 0.6 is 12.2 Å². The number of benzene rings is 1. The van der Waals surface area contributed by atoms with Crippen molar-refractivity contribution in [1.29, 1.82) is 0 Å². The molecule has 0 unspecified atom stereocenters. The Morgan fingerprint density at radius 2 is 2.10 bits per heavy atom. The SMILES string of the molecule is Cc1ccc(C(N)=S)cc1S(=O)(=O)NCC1(C)CCC1. The van der Waals surface area contributed by atoms with E-state index >= 15 is 0 Å². The van der Waals surface area contributed by atoms with Crippen molar-refractivity contribution in [1.82, 2.24) is 4.72 Å². The lowest BCUT2D eigenvalue weighted by Gasteiger charge is -2.38. The lowest BCUT2D eigenvalue weighted by Crippen LogP contribution is -2.40. The molecule has 3 N–H and O–H groups in total. The molecular formula is C14H20N2O2S2. The molecule has 1 aliphatic rings. The van der Waals surface area contributed by atoms with Gasteiger partial charge in [0.2, 0.25) is 10.0 Å². The van der Waals surface area contributed by atoms with Crippen molar-refractivity contribution in [3.63, 3.8) is 0 Å². The number of rotatable bonds is 5. The van der Waals surface area contributed by atoms with Gasteiger partial charge in [-0.1, -0.05) is 37.7 Å². The van der Waals surface area contributed by atoms with E-state index in [0.717, 1.165) is 12.8 Å². The third-order valence-electron chi connectivity index (χ3n) is 4.01. The summed E-state index contributed by atoms with van der Waals surface area (Å²) in [6.45, 7) is 4.35. The van der Waals surface area contributed by atoms with Crippen molar-refractivity contribution in [3.8, 4) is 0 Å². The van der Waals surface area contributed by atoms with Crippen LogP contribution < -0.4 is 10.5 Å². The number of sulfonamides is 1. The van der Waals surface area contributed by atoms with Gasteiger partial charge in [0.1, 0.15) is 4.99 Å². The molecule has 110 valence electrons. The van der Waals surface area contributed by atoms with Gasteiger partial charge in [0.15, 0.2) is 0 Å². The third kappa shape index (κ3) is 3.19. The lowest BCUT2D eigenvalue weighted by atomic mass is 9.71. The monoisotopic (exact) mass is 312 g/mol. The second-order valence-electron chi connectivity index (χ2n) is 5.83. The molecule has 2 rings (SSSR count). The summed E-state index contributed by atoms with van der Waals surface area (Å²) in [6, 6.07) is 5.02. The lowest BCUT2D eigenvalue weighted by molar-refractivity contribution is 0.166. The van der Waals surface area contributed by atoms with Crippen molar-refractivity contribution in [2.24, 2.45) is 11.1 Å². The molecule has 20 heavy (non-hydrogen) atoms. The zero-order valence-electron chi connectivity index (χ0n) is 11.8. The van der Waals surface area contributed by atoms with Crippen LogP contribution in [-0.2, 0) is 10.0 Å². The minimum atomic E-state index is -3.52. The molecule has 6 heteroatoms. The normalized spacial score (nSPS) is 17.5. The quantitative estimate of drug-likeness (QED) is 0.817. The smallest absolute Gasteiger partial charge is 0.240 e. The summed E-state index contributed by atoms with van der Waals surface area (Å²) in [5.74, 6) is 0. The number of aryl methyl sites for hydroxylation is 1. The highest BCUT2D eigenvalue weighted by atomic mass is 32.2. The predicted molar refractivity (Wildman–Crippen MR) is 84.2 cm³/mol. The Labute approximate surface area is 125 Å². The highest BCUT2D eigenvalue weighted by molar-refractivity contribution is 7.89. The topological polar surface area (TPSA) is 72.2 Å². The Kier molecular flexibility index (Phi) is 4.18. The van der Waals surface area contributed by atoms with E-state index in [1.54, 1.807) is 25.1 Å². The summed E-state index contributed by atoms with van der Waals surface area (Å²) in [4.78, 5) is 0.457. The number of thiocarbonyl (C=S) groups is 1. The first kappa shape index (κ1) is 15.4. The number of nitrogens with two attached hydrogens (primary N) is 1. The first-order chi connectivity index (χ1) is 9.23. The standard InChI is InChI=1S/C14H20N2O2S2/c1-10-4-5-11(13(15)19)8-12(10)20(17,18)16-9-14(2)6-3-7-14/h4-5,8,16H,3,6-7,9H2,1-2H3,(H2,15,19). The van der Waals surface area contributed by atoms with E-state index in [2.05, 4.69) is 11.6 Å². The fraction of sp³-hybridized carbons (Fsp3) is 0.500. The van der Waals surface area contributed by atoms with E-state index in [1.165, 1.54) is 6.42 Å². The Balaban J connectivity index is 2.24. The molecule has 1 aromatic carbocycles. The summed E-state index contributed by atoms with van der Waals surface area (Å²) in [5, 5.41) is 0. The first-order valence-corrected chi connectivity index (χ1v) is 8.53. The Hall–Kier alpha value is -0.980. The third-order valence-corrected chi connectivity index (χ3v) is 5.79. The van der Waals surface area contributed by atoms with E-state index in [0.29, 0.717) is 17.7 Å². The number of hydrogen-bond acceptors (Lipinski definition) is 3. The summed E-state index contributed by atoms with van der Waals surface area (Å²) in [6.07, 6.45) is 3.32. The second kappa shape index (κ2) is 5.42. The molecule has 0 heterocycles. The van der Waals surface area contributed by atoms with Crippen LogP contribution in [0.1, 0.15) is 37.3 Å². The van der Waals surface area contributed by atoms with Gasteiger partial charge in [-0.3, -0.25) is 0 Å². The number of nitrogens with one attached hydrogen (secondary N) is 1. The van der Waals surface area contributed by atoms with E-state index in [9.17, 15) is 8.42 Å². The Morgan fingerprint density at radius 1 is 1.45 bits per heavy atom. The van der Waals surface area contributed by atoms with Crippen LogP contribution in [-0.4, -0.2) is 20.0 Å². The zero-order valence-corrected chi connectivity index (χ0v) is 13.4. The zero-order chi connectivity index (χ0) is 15.0. The van der Waals surface area contributed by atoms with Crippen molar-refractivity contribution in [3.05, 3.63) is 29.3 Å². The summed E-state index contributed by atoms with van der Waals surface area (Å²) in [5.41, 5.74) is 6.93. The fourth-order valence-corrected chi connectivity index (χ4v) is 3.94. The maximum atomic E-state index is 12.4. The maximum Gasteiger partial charge on any atom is 0.240 e. The van der Waals surface area contributed by atoms with Crippen molar-refractivity contribution < 1.29 is 8.42 Å². The summed E-state index contributed by atoms with van der Waals surface area (Å²) in [7, 11) is -3.52. The molecular weight excluding hydrogens is 292 g/mol. The molecule has 1 saturated carbocycles. The maximum absolute atomic E-state index is 12.4. The van der Waals surface area contributed by atoms with Crippen molar-refractivity contribution >= 4 is 27.2 Å². The second-order valence-corrected chi connectivity index (χ2v) is 8.01. The van der Waals surface area contributed by atoms with Gasteiger partial charge in [0.25, 0.3) is 0 Å². The van der Waals surface area contributed by atoms with Gasteiger partial charge in [-0.15, -0.1) is 0 Å². The van der Waals surface area contributed by atoms with Crippen molar-refractivity contribution in [2.45, 2.75) is 38.0 Å². The van der Waals surface area contributed by atoms with Gasteiger partial charge in [-0.25, -0.2) is 13.1 Å². The van der Waals surface area contributed by atoms with Crippen LogP contribution in [0.3, 0.4) is 0 Å². The summed E-state index contributed by atoms with van der Waals surface area (Å²) >= 11 is 4.90. The highest BCUT2D eigenvalue weighted by Gasteiger charge is 2.33. The Bertz CT molecular complexity index is 635. The number of hydrogen-bond donors (Lipinski definition) is 2. The minimum absolute atomic E-state index is 0.0990. The molecule has 0 radical (unpaired) electrons. The van der Waals surface area contributed by atoms with Gasteiger partial charge < -0.3 is 5.73 Å². The molecule has 0 aliphatic heterocycles. The molecule has 0 saturated heterocycles. The molecule has 1 aromatic rings.